The number of carbonyl (C=O) groups is 1. The SMILES string of the molecule is COc1ccc(CNC(=O)[C@@H]2CCCN(Cc3nc(-c4ccc(OC)c(OC)c4)no3)C2)cc1. The van der Waals surface area contributed by atoms with Gasteiger partial charge in [0.1, 0.15) is 5.75 Å². The van der Waals surface area contributed by atoms with Crippen molar-refractivity contribution in [2.45, 2.75) is 25.9 Å². The summed E-state index contributed by atoms with van der Waals surface area (Å²) in [5.41, 5.74) is 1.82. The van der Waals surface area contributed by atoms with E-state index in [-0.39, 0.29) is 11.8 Å². The van der Waals surface area contributed by atoms with Gasteiger partial charge in [0.05, 0.1) is 33.8 Å². The predicted octanol–water partition coefficient (Wildman–Crippen LogP) is 3.29. The zero-order valence-electron chi connectivity index (χ0n) is 19.7. The molecule has 9 heteroatoms. The van der Waals surface area contributed by atoms with Gasteiger partial charge in [-0.2, -0.15) is 4.98 Å². The van der Waals surface area contributed by atoms with E-state index in [1.165, 1.54) is 0 Å². The molecule has 1 atom stereocenters. The molecule has 1 aliphatic heterocycles. The Bertz CT molecular complexity index is 1100. The molecule has 0 unspecified atom stereocenters. The summed E-state index contributed by atoms with van der Waals surface area (Å²) in [6, 6.07) is 13.2. The van der Waals surface area contributed by atoms with Crippen LogP contribution in [0, 0.1) is 5.92 Å². The molecule has 1 aliphatic rings. The van der Waals surface area contributed by atoms with Crippen LogP contribution in [0.4, 0.5) is 0 Å². The second kappa shape index (κ2) is 11.0. The fraction of sp³-hybridized carbons (Fsp3) is 0.400. The van der Waals surface area contributed by atoms with Crippen LogP contribution in [0.3, 0.4) is 0 Å². The molecule has 0 radical (unpaired) electrons. The fourth-order valence-electron chi connectivity index (χ4n) is 4.09. The Kier molecular flexibility index (Phi) is 7.64. The van der Waals surface area contributed by atoms with E-state index in [1.807, 2.05) is 42.5 Å². The Morgan fingerprint density at radius 2 is 1.88 bits per heavy atom. The van der Waals surface area contributed by atoms with Crippen LogP contribution in [0.1, 0.15) is 24.3 Å². The maximum absolute atomic E-state index is 12.8. The van der Waals surface area contributed by atoms with Crippen molar-refractivity contribution in [1.82, 2.24) is 20.4 Å². The van der Waals surface area contributed by atoms with Crippen molar-refractivity contribution >= 4 is 5.91 Å². The molecule has 1 saturated heterocycles. The first kappa shape index (κ1) is 23.6. The van der Waals surface area contributed by atoms with Crippen LogP contribution >= 0.6 is 0 Å². The Hall–Kier alpha value is -3.59. The van der Waals surface area contributed by atoms with Gasteiger partial charge in [0.2, 0.25) is 17.6 Å². The van der Waals surface area contributed by atoms with E-state index in [9.17, 15) is 4.79 Å². The molecule has 1 aromatic heterocycles. The molecule has 2 aromatic carbocycles. The van der Waals surface area contributed by atoms with Gasteiger partial charge in [0, 0.05) is 18.7 Å². The topological polar surface area (TPSA) is 99.0 Å². The number of ether oxygens (including phenoxy) is 3. The van der Waals surface area contributed by atoms with Crippen molar-refractivity contribution in [2.24, 2.45) is 5.92 Å². The standard InChI is InChI=1S/C25H30N4O5/c1-31-20-9-6-17(7-10-20)14-26-25(30)19-5-4-12-29(15-19)16-23-27-24(28-34-23)18-8-11-21(32-2)22(13-18)33-3/h6-11,13,19H,4-5,12,14-16H2,1-3H3,(H,26,30)/t19-/m1/s1. The van der Waals surface area contributed by atoms with Gasteiger partial charge in [0.25, 0.3) is 0 Å². The maximum atomic E-state index is 12.8. The Morgan fingerprint density at radius 3 is 2.62 bits per heavy atom. The molecular weight excluding hydrogens is 436 g/mol. The van der Waals surface area contributed by atoms with Gasteiger partial charge in [-0.05, 0) is 55.3 Å². The van der Waals surface area contributed by atoms with Gasteiger partial charge in [-0.3, -0.25) is 9.69 Å². The number of aromatic nitrogens is 2. The molecule has 3 aromatic rings. The zero-order chi connectivity index (χ0) is 23.9. The summed E-state index contributed by atoms with van der Waals surface area (Å²) in [5.74, 6) is 3.04. The first-order chi connectivity index (χ1) is 16.6. The summed E-state index contributed by atoms with van der Waals surface area (Å²) in [7, 11) is 4.81. The molecule has 34 heavy (non-hydrogen) atoms. The van der Waals surface area contributed by atoms with Crippen LogP contribution in [0.2, 0.25) is 0 Å². The number of benzene rings is 2. The molecule has 0 bridgehead atoms. The highest BCUT2D eigenvalue weighted by molar-refractivity contribution is 5.79. The number of nitrogens with zero attached hydrogens (tertiary/aromatic N) is 3. The predicted molar refractivity (Wildman–Crippen MR) is 126 cm³/mol. The van der Waals surface area contributed by atoms with Gasteiger partial charge in [-0.15, -0.1) is 0 Å². The number of hydrogen-bond acceptors (Lipinski definition) is 8. The van der Waals surface area contributed by atoms with Gasteiger partial charge in [0.15, 0.2) is 11.5 Å². The molecule has 4 rings (SSSR count). The van der Waals surface area contributed by atoms with E-state index in [0.717, 1.165) is 36.3 Å². The first-order valence-electron chi connectivity index (χ1n) is 11.3. The molecule has 0 saturated carbocycles. The van der Waals surface area contributed by atoms with E-state index in [1.54, 1.807) is 21.3 Å². The number of amides is 1. The first-order valence-corrected chi connectivity index (χ1v) is 11.3. The van der Waals surface area contributed by atoms with E-state index < -0.39 is 0 Å². The molecule has 9 nitrogen and oxygen atoms in total. The zero-order valence-corrected chi connectivity index (χ0v) is 19.7. The lowest BCUT2D eigenvalue weighted by atomic mass is 9.97. The molecule has 1 N–H and O–H groups in total. The third-order valence-electron chi connectivity index (χ3n) is 5.97. The van der Waals surface area contributed by atoms with Crippen molar-refractivity contribution in [1.29, 1.82) is 0 Å². The minimum Gasteiger partial charge on any atom is -0.497 e. The molecule has 0 spiro atoms. The summed E-state index contributed by atoms with van der Waals surface area (Å²) >= 11 is 0. The summed E-state index contributed by atoms with van der Waals surface area (Å²) < 4.78 is 21.3. The van der Waals surface area contributed by atoms with Crippen molar-refractivity contribution in [3.8, 4) is 28.6 Å². The lowest BCUT2D eigenvalue weighted by molar-refractivity contribution is -0.127. The van der Waals surface area contributed by atoms with E-state index in [4.69, 9.17) is 18.7 Å². The summed E-state index contributed by atoms with van der Waals surface area (Å²) in [5, 5.41) is 7.17. The second-order valence-electron chi connectivity index (χ2n) is 8.22. The highest BCUT2D eigenvalue weighted by atomic mass is 16.5. The Balaban J connectivity index is 1.32. The average molecular weight is 467 g/mol. The molecule has 2 heterocycles. The molecular formula is C25H30N4O5. The number of piperidine rings is 1. The summed E-state index contributed by atoms with van der Waals surface area (Å²) in [4.78, 5) is 19.5. The smallest absolute Gasteiger partial charge is 0.241 e. The summed E-state index contributed by atoms with van der Waals surface area (Å²) in [6.45, 7) is 2.54. The van der Waals surface area contributed by atoms with Crippen LogP contribution in [0.15, 0.2) is 47.0 Å². The second-order valence-corrected chi connectivity index (χ2v) is 8.22. The highest BCUT2D eigenvalue weighted by Crippen LogP contribution is 2.31. The number of carbonyl (C=O) groups excluding carboxylic acids is 1. The third-order valence-corrected chi connectivity index (χ3v) is 5.97. The summed E-state index contributed by atoms with van der Waals surface area (Å²) in [6.07, 6.45) is 1.81. The van der Waals surface area contributed by atoms with Gasteiger partial charge >= 0.3 is 0 Å². The normalized spacial score (nSPS) is 16.1. The van der Waals surface area contributed by atoms with Crippen molar-refractivity contribution in [3.63, 3.8) is 0 Å². The van der Waals surface area contributed by atoms with Crippen molar-refractivity contribution < 1.29 is 23.5 Å². The molecule has 0 aliphatic carbocycles. The Morgan fingerprint density at radius 1 is 1.09 bits per heavy atom. The minimum atomic E-state index is -0.0692. The lowest BCUT2D eigenvalue weighted by Crippen LogP contribution is -2.42. The van der Waals surface area contributed by atoms with Crippen LogP contribution in [0.5, 0.6) is 17.2 Å². The van der Waals surface area contributed by atoms with Crippen LogP contribution < -0.4 is 19.5 Å². The molecule has 1 fully saturated rings. The number of rotatable bonds is 9. The number of nitrogens with one attached hydrogen (secondary N) is 1. The van der Waals surface area contributed by atoms with E-state index >= 15 is 0 Å². The fourth-order valence-corrected chi connectivity index (χ4v) is 4.09. The van der Waals surface area contributed by atoms with Gasteiger partial charge < -0.3 is 24.1 Å². The van der Waals surface area contributed by atoms with E-state index in [2.05, 4.69) is 20.4 Å². The monoisotopic (exact) mass is 466 g/mol. The van der Waals surface area contributed by atoms with Crippen molar-refractivity contribution in [2.75, 3.05) is 34.4 Å². The minimum absolute atomic E-state index is 0.0667. The van der Waals surface area contributed by atoms with Crippen LogP contribution in [0.25, 0.3) is 11.4 Å². The largest absolute Gasteiger partial charge is 0.497 e. The van der Waals surface area contributed by atoms with Crippen LogP contribution in [-0.2, 0) is 17.9 Å². The lowest BCUT2D eigenvalue weighted by Gasteiger charge is -2.30. The third kappa shape index (κ3) is 5.66. The maximum Gasteiger partial charge on any atom is 0.241 e. The average Bonchev–Trinajstić information content (AvgIpc) is 3.35. The van der Waals surface area contributed by atoms with Crippen LogP contribution in [-0.4, -0.2) is 55.4 Å². The molecule has 1 amide bonds. The van der Waals surface area contributed by atoms with Gasteiger partial charge in [-0.1, -0.05) is 17.3 Å². The quantitative estimate of drug-likeness (QED) is 0.513. The highest BCUT2D eigenvalue weighted by Gasteiger charge is 2.27. The van der Waals surface area contributed by atoms with Gasteiger partial charge in [-0.25, -0.2) is 0 Å². The Labute approximate surface area is 199 Å². The number of methoxy groups -OCH3 is 3. The number of hydrogen-bond donors (Lipinski definition) is 1. The van der Waals surface area contributed by atoms with Crippen molar-refractivity contribution in [3.05, 3.63) is 53.9 Å². The molecule has 180 valence electrons. The number of likely N-dealkylation sites (tertiary alicyclic amines) is 1. The van der Waals surface area contributed by atoms with E-state index in [0.29, 0.717) is 42.8 Å².